The molecule has 0 saturated heterocycles. The predicted octanol–water partition coefficient (Wildman–Crippen LogP) is 6.17. The van der Waals surface area contributed by atoms with Crippen LogP contribution < -0.4 is 4.74 Å². The van der Waals surface area contributed by atoms with Crippen molar-refractivity contribution in [3.05, 3.63) is 41.0 Å². The molecule has 0 amide bonds. The summed E-state index contributed by atoms with van der Waals surface area (Å²) in [6, 6.07) is 3.73. The van der Waals surface area contributed by atoms with Crippen molar-refractivity contribution in [2.24, 2.45) is 5.92 Å². The van der Waals surface area contributed by atoms with E-state index in [2.05, 4.69) is 33.8 Å². The van der Waals surface area contributed by atoms with Crippen LogP contribution in [-0.2, 0) is 4.79 Å². The highest BCUT2D eigenvalue weighted by molar-refractivity contribution is 5.93. The number of unbranched alkanes of at least 4 members (excludes halogenated alkanes) is 2. The third kappa shape index (κ3) is 4.28. The van der Waals surface area contributed by atoms with Crippen LogP contribution in [0.1, 0.15) is 83.3 Å². The fourth-order valence-electron chi connectivity index (χ4n) is 4.50. The van der Waals surface area contributed by atoms with E-state index in [1.807, 2.05) is 6.07 Å². The molecule has 146 valence electrons. The molecular formula is C24H32O3. The van der Waals surface area contributed by atoms with Gasteiger partial charge in [0.05, 0.1) is 0 Å². The molecule has 2 atom stereocenters. The minimum atomic E-state index is -0.278. The predicted molar refractivity (Wildman–Crippen MR) is 110 cm³/mol. The van der Waals surface area contributed by atoms with Crippen molar-refractivity contribution in [2.45, 2.75) is 77.7 Å². The van der Waals surface area contributed by atoms with Crippen LogP contribution in [0, 0.1) is 5.92 Å². The average molecular weight is 369 g/mol. The molecule has 1 aromatic carbocycles. The lowest BCUT2D eigenvalue weighted by Gasteiger charge is -2.47. The average Bonchev–Trinajstić information content (AvgIpc) is 2.59. The number of ketones is 1. The van der Waals surface area contributed by atoms with Crippen LogP contribution in [0.4, 0.5) is 0 Å². The summed E-state index contributed by atoms with van der Waals surface area (Å²) in [6.07, 6.45) is 11.4. The van der Waals surface area contributed by atoms with Gasteiger partial charge in [0.2, 0.25) is 0 Å². The van der Waals surface area contributed by atoms with Crippen LogP contribution in [0.2, 0.25) is 0 Å². The number of rotatable bonds is 6. The normalized spacial score (nSPS) is 23.3. The molecule has 27 heavy (non-hydrogen) atoms. The van der Waals surface area contributed by atoms with Crippen molar-refractivity contribution in [1.82, 2.24) is 0 Å². The zero-order chi connectivity index (χ0) is 19.6. The third-order valence-corrected chi connectivity index (χ3v) is 6.02. The zero-order valence-corrected chi connectivity index (χ0v) is 17.0. The Morgan fingerprint density at radius 2 is 2.11 bits per heavy atom. The second kappa shape index (κ2) is 7.92. The minimum Gasteiger partial charge on any atom is -0.507 e. The molecule has 3 heteroatoms. The lowest BCUT2D eigenvalue weighted by atomic mass is 9.67. The van der Waals surface area contributed by atoms with Crippen LogP contribution in [0.15, 0.2) is 29.9 Å². The smallest absolute Gasteiger partial charge is 0.155 e. The number of fused-ring (bicyclic) bond motifs is 3. The number of hydrogen-bond acceptors (Lipinski definition) is 3. The highest BCUT2D eigenvalue weighted by Crippen LogP contribution is 2.54. The molecule has 0 unspecified atom stereocenters. The number of carbonyl (C=O) groups is 1. The molecule has 0 spiro atoms. The van der Waals surface area contributed by atoms with E-state index in [4.69, 9.17) is 4.74 Å². The number of ether oxygens (including phenoxy) is 1. The van der Waals surface area contributed by atoms with Crippen LogP contribution in [0.3, 0.4) is 0 Å². The van der Waals surface area contributed by atoms with Crippen LogP contribution in [-0.4, -0.2) is 16.5 Å². The van der Waals surface area contributed by atoms with Crippen molar-refractivity contribution < 1.29 is 14.6 Å². The van der Waals surface area contributed by atoms with E-state index in [1.165, 1.54) is 5.57 Å². The number of hydrogen-bond donors (Lipinski definition) is 1. The summed E-state index contributed by atoms with van der Waals surface area (Å²) in [5, 5.41) is 10.8. The standard InChI is InChI=1S/C24H32O3/c1-5-6-7-8-18(25)11-10-17-14-21(26)23-19-13-16(2)9-12-20(19)24(3,4)27-22(23)15-17/h9-11,14-15,19-20,26H,5-8,12-13H2,1-4H3/b11-10+/t19-,20-/m1/s1. The maximum absolute atomic E-state index is 12.0. The van der Waals surface area contributed by atoms with Crippen LogP contribution >= 0.6 is 0 Å². The molecule has 1 heterocycles. The topological polar surface area (TPSA) is 46.5 Å². The molecule has 0 fully saturated rings. The summed E-state index contributed by atoms with van der Waals surface area (Å²) >= 11 is 0. The maximum atomic E-state index is 12.0. The minimum absolute atomic E-state index is 0.134. The molecule has 1 aromatic rings. The summed E-state index contributed by atoms with van der Waals surface area (Å²) < 4.78 is 6.32. The Kier molecular flexibility index (Phi) is 5.78. The molecule has 3 nitrogen and oxygen atoms in total. The summed E-state index contributed by atoms with van der Waals surface area (Å²) in [5.41, 5.74) is 2.84. The zero-order valence-electron chi connectivity index (χ0n) is 17.0. The van der Waals surface area contributed by atoms with Gasteiger partial charge in [0, 0.05) is 23.8 Å². The van der Waals surface area contributed by atoms with Gasteiger partial charge in [-0.15, -0.1) is 0 Å². The van der Waals surface area contributed by atoms with E-state index in [0.717, 1.165) is 49.0 Å². The summed E-state index contributed by atoms with van der Waals surface area (Å²) in [7, 11) is 0. The number of phenols is 1. The van der Waals surface area contributed by atoms with Gasteiger partial charge in [-0.25, -0.2) is 0 Å². The third-order valence-electron chi connectivity index (χ3n) is 6.02. The largest absolute Gasteiger partial charge is 0.507 e. The Bertz CT molecular complexity index is 770. The Balaban J connectivity index is 1.86. The molecule has 0 radical (unpaired) electrons. The summed E-state index contributed by atoms with van der Waals surface area (Å²) in [4.78, 5) is 12.0. The lowest BCUT2D eigenvalue weighted by molar-refractivity contribution is -0.114. The maximum Gasteiger partial charge on any atom is 0.155 e. The second-order valence-corrected chi connectivity index (χ2v) is 8.62. The molecule has 1 aliphatic carbocycles. The van der Waals surface area contributed by atoms with Gasteiger partial charge in [0.1, 0.15) is 17.1 Å². The van der Waals surface area contributed by atoms with Crippen molar-refractivity contribution in [2.75, 3.05) is 0 Å². The Morgan fingerprint density at radius 3 is 2.85 bits per heavy atom. The lowest BCUT2D eigenvalue weighted by Crippen LogP contribution is -2.45. The number of phenolic OH excluding ortho intramolecular Hbond substituents is 1. The van der Waals surface area contributed by atoms with Gasteiger partial charge in [-0.3, -0.25) is 4.79 Å². The highest BCUT2D eigenvalue weighted by atomic mass is 16.5. The van der Waals surface area contributed by atoms with Crippen molar-refractivity contribution in [3.63, 3.8) is 0 Å². The van der Waals surface area contributed by atoms with Crippen molar-refractivity contribution >= 4 is 11.9 Å². The van der Waals surface area contributed by atoms with E-state index >= 15 is 0 Å². The van der Waals surface area contributed by atoms with Gasteiger partial charge in [-0.1, -0.05) is 37.5 Å². The number of benzene rings is 1. The number of allylic oxidation sites excluding steroid dienone is 3. The fraction of sp³-hybridized carbons (Fsp3) is 0.542. The Labute approximate surface area is 163 Å². The van der Waals surface area contributed by atoms with Crippen LogP contribution in [0.25, 0.3) is 6.08 Å². The molecule has 1 aliphatic heterocycles. The first-order valence-electron chi connectivity index (χ1n) is 10.2. The summed E-state index contributed by atoms with van der Waals surface area (Å²) in [5.74, 6) is 1.82. The highest BCUT2D eigenvalue weighted by Gasteiger charge is 2.45. The first kappa shape index (κ1) is 19.7. The fourth-order valence-corrected chi connectivity index (χ4v) is 4.50. The van der Waals surface area contributed by atoms with E-state index in [9.17, 15) is 9.90 Å². The van der Waals surface area contributed by atoms with E-state index < -0.39 is 0 Å². The Hall–Kier alpha value is -2.03. The van der Waals surface area contributed by atoms with Crippen LogP contribution in [0.5, 0.6) is 11.5 Å². The van der Waals surface area contributed by atoms with Gasteiger partial charge < -0.3 is 9.84 Å². The monoisotopic (exact) mass is 368 g/mol. The molecule has 0 bridgehead atoms. The second-order valence-electron chi connectivity index (χ2n) is 8.62. The molecule has 2 aliphatic rings. The van der Waals surface area contributed by atoms with Crippen molar-refractivity contribution in [1.29, 1.82) is 0 Å². The van der Waals surface area contributed by atoms with Gasteiger partial charge in [0.15, 0.2) is 5.78 Å². The number of carbonyl (C=O) groups excluding carboxylic acids is 1. The molecular weight excluding hydrogens is 336 g/mol. The number of aromatic hydroxyl groups is 1. The quantitative estimate of drug-likeness (QED) is 0.371. The van der Waals surface area contributed by atoms with E-state index in [0.29, 0.717) is 12.3 Å². The molecule has 0 saturated carbocycles. The van der Waals surface area contributed by atoms with E-state index in [1.54, 1.807) is 18.2 Å². The molecule has 0 aromatic heterocycles. The SMILES string of the molecule is CCCCCC(=O)/C=C/c1cc(O)c2c(c1)OC(C)(C)[C@@H]1CC=C(C)C[C@@H]21. The van der Waals surface area contributed by atoms with Gasteiger partial charge in [-0.05, 0) is 63.8 Å². The van der Waals surface area contributed by atoms with Gasteiger partial charge in [-0.2, -0.15) is 0 Å². The van der Waals surface area contributed by atoms with Gasteiger partial charge >= 0.3 is 0 Å². The first-order chi connectivity index (χ1) is 12.8. The van der Waals surface area contributed by atoms with E-state index in [-0.39, 0.29) is 23.1 Å². The molecule has 1 N–H and O–H groups in total. The first-order valence-corrected chi connectivity index (χ1v) is 10.2. The Morgan fingerprint density at radius 1 is 1.33 bits per heavy atom. The van der Waals surface area contributed by atoms with Gasteiger partial charge in [0.25, 0.3) is 0 Å². The van der Waals surface area contributed by atoms with Crippen molar-refractivity contribution in [3.8, 4) is 11.5 Å². The molecule has 3 rings (SSSR count). The summed E-state index contributed by atoms with van der Waals surface area (Å²) in [6.45, 7) is 8.57.